The summed E-state index contributed by atoms with van der Waals surface area (Å²) in [5.74, 6) is -0.0391. The van der Waals surface area contributed by atoms with Gasteiger partial charge in [-0.05, 0) is 25.3 Å². The highest BCUT2D eigenvalue weighted by molar-refractivity contribution is 5.97. The summed E-state index contributed by atoms with van der Waals surface area (Å²) in [6.07, 6.45) is 2.48. The molecule has 0 unspecified atom stereocenters. The Kier molecular flexibility index (Phi) is 3.57. The molecule has 3 heteroatoms. The number of amides is 2. The van der Waals surface area contributed by atoms with E-state index in [1.165, 1.54) is 16.0 Å². The van der Waals surface area contributed by atoms with Crippen molar-refractivity contribution in [2.45, 2.75) is 32.6 Å². The highest BCUT2D eigenvalue weighted by atomic mass is 16.2. The third-order valence-electron chi connectivity index (χ3n) is 3.09. The van der Waals surface area contributed by atoms with Crippen molar-refractivity contribution in [1.29, 1.82) is 0 Å². The van der Waals surface area contributed by atoms with Crippen LogP contribution in [0.4, 0.5) is 0 Å². The molecule has 90 valence electrons. The molecule has 0 spiro atoms. The zero-order valence-corrected chi connectivity index (χ0v) is 10.1. The lowest BCUT2D eigenvalue weighted by Gasteiger charge is -2.24. The van der Waals surface area contributed by atoms with E-state index >= 15 is 0 Å². The van der Waals surface area contributed by atoms with Crippen LogP contribution in [0.15, 0.2) is 24.3 Å². The molecule has 0 N–H and O–H groups in total. The lowest BCUT2D eigenvalue weighted by molar-refractivity contribution is -0.147. The van der Waals surface area contributed by atoms with Crippen molar-refractivity contribution < 1.29 is 9.59 Å². The minimum atomic E-state index is -0.0195. The Morgan fingerprint density at radius 2 is 1.88 bits per heavy atom. The van der Waals surface area contributed by atoms with Gasteiger partial charge in [0, 0.05) is 19.4 Å². The Labute approximate surface area is 101 Å². The average Bonchev–Trinajstić information content (AvgIpc) is 2.28. The maximum atomic E-state index is 11.6. The van der Waals surface area contributed by atoms with Crippen LogP contribution >= 0.6 is 0 Å². The molecular formula is C14H17NO2. The zero-order valence-electron chi connectivity index (χ0n) is 10.1. The van der Waals surface area contributed by atoms with E-state index in [1.54, 1.807) is 0 Å². The van der Waals surface area contributed by atoms with E-state index in [1.807, 2.05) is 25.1 Å². The first-order valence-electron chi connectivity index (χ1n) is 6.05. The van der Waals surface area contributed by atoms with Crippen LogP contribution in [0.25, 0.3) is 0 Å². The van der Waals surface area contributed by atoms with Crippen molar-refractivity contribution in [3.05, 3.63) is 35.4 Å². The van der Waals surface area contributed by atoms with E-state index < -0.39 is 0 Å². The van der Waals surface area contributed by atoms with Gasteiger partial charge in [-0.3, -0.25) is 14.5 Å². The monoisotopic (exact) mass is 231 g/mol. The van der Waals surface area contributed by atoms with Crippen molar-refractivity contribution in [3.63, 3.8) is 0 Å². The molecule has 0 aromatic heterocycles. The van der Waals surface area contributed by atoms with Gasteiger partial charge in [0.05, 0.1) is 0 Å². The SMILES string of the molecule is Cc1cccc(CCN2C(=O)CCCC2=O)c1. The second kappa shape index (κ2) is 5.13. The summed E-state index contributed by atoms with van der Waals surface area (Å²) in [5, 5.41) is 0. The van der Waals surface area contributed by atoms with E-state index in [0.29, 0.717) is 25.8 Å². The molecule has 1 saturated heterocycles. The van der Waals surface area contributed by atoms with E-state index in [9.17, 15) is 9.59 Å². The summed E-state index contributed by atoms with van der Waals surface area (Å²) >= 11 is 0. The fourth-order valence-corrected chi connectivity index (χ4v) is 2.16. The zero-order chi connectivity index (χ0) is 12.3. The van der Waals surface area contributed by atoms with Crippen LogP contribution in [0, 0.1) is 6.92 Å². The van der Waals surface area contributed by atoms with Crippen LogP contribution in [-0.4, -0.2) is 23.3 Å². The second-order valence-corrected chi connectivity index (χ2v) is 4.53. The third kappa shape index (κ3) is 2.93. The van der Waals surface area contributed by atoms with E-state index in [2.05, 4.69) is 6.07 Å². The lowest BCUT2D eigenvalue weighted by Crippen LogP contribution is -2.41. The number of nitrogens with zero attached hydrogens (tertiary/aromatic N) is 1. The molecule has 17 heavy (non-hydrogen) atoms. The van der Waals surface area contributed by atoms with Gasteiger partial charge in [-0.25, -0.2) is 0 Å². The molecule has 0 saturated carbocycles. The summed E-state index contributed by atoms with van der Waals surface area (Å²) in [6.45, 7) is 2.56. The van der Waals surface area contributed by atoms with Crippen molar-refractivity contribution in [2.75, 3.05) is 6.54 Å². The van der Waals surface area contributed by atoms with Crippen LogP contribution in [0.5, 0.6) is 0 Å². The number of benzene rings is 1. The number of carbonyl (C=O) groups is 2. The Morgan fingerprint density at radius 3 is 2.53 bits per heavy atom. The number of imide groups is 1. The van der Waals surface area contributed by atoms with Crippen molar-refractivity contribution >= 4 is 11.8 Å². The normalized spacial score (nSPS) is 16.4. The van der Waals surface area contributed by atoms with Crippen LogP contribution < -0.4 is 0 Å². The molecule has 1 aliphatic heterocycles. The van der Waals surface area contributed by atoms with Gasteiger partial charge in [0.2, 0.25) is 11.8 Å². The number of carbonyl (C=O) groups excluding carboxylic acids is 2. The highest BCUT2D eigenvalue weighted by Crippen LogP contribution is 2.13. The van der Waals surface area contributed by atoms with Crippen LogP contribution in [-0.2, 0) is 16.0 Å². The minimum Gasteiger partial charge on any atom is -0.282 e. The molecule has 0 bridgehead atoms. The summed E-state index contributed by atoms with van der Waals surface area (Å²) in [5.41, 5.74) is 2.38. The number of piperidine rings is 1. The smallest absolute Gasteiger partial charge is 0.229 e. The number of hydrogen-bond acceptors (Lipinski definition) is 2. The molecule has 1 aromatic rings. The Morgan fingerprint density at radius 1 is 1.18 bits per heavy atom. The van der Waals surface area contributed by atoms with E-state index in [4.69, 9.17) is 0 Å². The summed E-state index contributed by atoms with van der Waals surface area (Å²) in [7, 11) is 0. The summed E-state index contributed by atoms with van der Waals surface area (Å²) < 4.78 is 0. The summed E-state index contributed by atoms with van der Waals surface area (Å²) in [4.78, 5) is 24.6. The molecule has 0 atom stereocenters. The van der Waals surface area contributed by atoms with Gasteiger partial charge in [-0.1, -0.05) is 29.8 Å². The molecule has 3 nitrogen and oxygen atoms in total. The fourth-order valence-electron chi connectivity index (χ4n) is 2.16. The predicted octanol–water partition coefficient (Wildman–Crippen LogP) is 2.08. The number of likely N-dealkylation sites (tertiary alicyclic amines) is 1. The third-order valence-corrected chi connectivity index (χ3v) is 3.09. The second-order valence-electron chi connectivity index (χ2n) is 4.53. The standard InChI is InChI=1S/C14H17NO2/c1-11-4-2-5-12(10-11)8-9-15-13(16)6-3-7-14(15)17/h2,4-5,10H,3,6-9H2,1H3. The van der Waals surface area contributed by atoms with Crippen LogP contribution in [0.1, 0.15) is 30.4 Å². The fraction of sp³-hybridized carbons (Fsp3) is 0.429. The largest absolute Gasteiger partial charge is 0.282 e. The lowest BCUT2D eigenvalue weighted by atomic mass is 10.1. The van der Waals surface area contributed by atoms with Crippen molar-refractivity contribution in [1.82, 2.24) is 4.90 Å². The predicted molar refractivity (Wildman–Crippen MR) is 65.5 cm³/mol. The minimum absolute atomic E-state index is 0.0195. The summed E-state index contributed by atoms with van der Waals surface area (Å²) in [6, 6.07) is 8.18. The van der Waals surface area contributed by atoms with Gasteiger partial charge >= 0.3 is 0 Å². The Bertz CT molecular complexity index is 424. The first kappa shape index (κ1) is 11.8. The molecular weight excluding hydrogens is 214 g/mol. The molecule has 1 aliphatic rings. The molecule has 0 aliphatic carbocycles. The van der Waals surface area contributed by atoms with Gasteiger partial charge in [-0.2, -0.15) is 0 Å². The molecule has 2 amide bonds. The first-order chi connectivity index (χ1) is 8.16. The molecule has 0 radical (unpaired) electrons. The number of aryl methyl sites for hydroxylation is 1. The van der Waals surface area contributed by atoms with Gasteiger partial charge in [0.25, 0.3) is 0 Å². The van der Waals surface area contributed by atoms with Crippen molar-refractivity contribution in [2.24, 2.45) is 0 Å². The quantitative estimate of drug-likeness (QED) is 0.747. The van der Waals surface area contributed by atoms with Gasteiger partial charge in [-0.15, -0.1) is 0 Å². The van der Waals surface area contributed by atoms with Crippen LogP contribution in [0.3, 0.4) is 0 Å². The van der Waals surface area contributed by atoms with E-state index in [0.717, 1.165) is 6.42 Å². The molecule has 1 heterocycles. The van der Waals surface area contributed by atoms with Gasteiger partial charge in [0.1, 0.15) is 0 Å². The maximum Gasteiger partial charge on any atom is 0.229 e. The van der Waals surface area contributed by atoms with Crippen LogP contribution in [0.2, 0.25) is 0 Å². The number of hydrogen-bond donors (Lipinski definition) is 0. The van der Waals surface area contributed by atoms with E-state index in [-0.39, 0.29) is 11.8 Å². The number of rotatable bonds is 3. The first-order valence-corrected chi connectivity index (χ1v) is 6.05. The topological polar surface area (TPSA) is 37.4 Å². The Hall–Kier alpha value is -1.64. The van der Waals surface area contributed by atoms with Crippen molar-refractivity contribution in [3.8, 4) is 0 Å². The van der Waals surface area contributed by atoms with Gasteiger partial charge in [0.15, 0.2) is 0 Å². The molecule has 1 aromatic carbocycles. The Balaban J connectivity index is 1.97. The molecule has 1 fully saturated rings. The molecule has 2 rings (SSSR count). The van der Waals surface area contributed by atoms with Gasteiger partial charge < -0.3 is 0 Å². The maximum absolute atomic E-state index is 11.6. The average molecular weight is 231 g/mol. The highest BCUT2D eigenvalue weighted by Gasteiger charge is 2.25.